The molecule has 27 heavy (non-hydrogen) atoms. The summed E-state index contributed by atoms with van der Waals surface area (Å²) in [7, 11) is 3.22. The standard InChI is InChI=1S/C19H23N3O5/c1-14(21(2)11-12-27-15-7-5-4-6-8-15)19(23)20-17-10-9-16(26-3)13-18(17)22(24)25/h4-10,13-14H,11-12H2,1-3H3,(H,20,23). The first kappa shape index (κ1) is 20.2. The van der Waals surface area contributed by atoms with Gasteiger partial charge < -0.3 is 14.8 Å². The van der Waals surface area contributed by atoms with Gasteiger partial charge in [0.15, 0.2) is 0 Å². The van der Waals surface area contributed by atoms with E-state index < -0.39 is 11.0 Å². The lowest BCUT2D eigenvalue weighted by Gasteiger charge is -2.23. The molecule has 2 aromatic rings. The van der Waals surface area contributed by atoms with E-state index in [1.807, 2.05) is 35.2 Å². The van der Waals surface area contributed by atoms with E-state index in [1.54, 1.807) is 20.0 Å². The van der Waals surface area contributed by atoms with Gasteiger partial charge in [-0.2, -0.15) is 0 Å². The number of nitro groups is 1. The Kier molecular flexibility index (Phi) is 7.13. The number of nitrogens with zero attached hydrogens (tertiary/aromatic N) is 2. The number of hydrogen-bond acceptors (Lipinski definition) is 6. The van der Waals surface area contributed by atoms with Crippen LogP contribution in [0.15, 0.2) is 48.5 Å². The second-order valence-corrected chi connectivity index (χ2v) is 5.95. The maximum Gasteiger partial charge on any atom is 0.296 e. The molecule has 0 saturated heterocycles. The molecule has 2 rings (SSSR count). The number of nitro benzene ring substituents is 1. The van der Waals surface area contributed by atoms with Crippen LogP contribution in [-0.2, 0) is 4.79 Å². The molecule has 1 amide bonds. The molecule has 1 atom stereocenters. The summed E-state index contributed by atoms with van der Waals surface area (Å²) in [6.45, 7) is 2.67. The van der Waals surface area contributed by atoms with Crippen LogP contribution in [0.5, 0.6) is 11.5 Å². The summed E-state index contributed by atoms with van der Waals surface area (Å²) in [5.41, 5.74) is -0.0865. The van der Waals surface area contributed by atoms with Crippen molar-refractivity contribution in [3.8, 4) is 11.5 Å². The summed E-state index contributed by atoms with van der Waals surface area (Å²) in [6, 6.07) is 13.2. The third kappa shape index (κ3) is 5.68. The van der Waals surface area contributed by atoms with Gasteiger partial charge in [0, 0.05) is 6.54 Å². The minimum atomic E-state index is -0.555. The van der Waals surface area contributed by atoms with Crippen LogP contribution in [-0.4, -0.2) is 49.1 Å². The van der Waals surface area contributed by atoms with Crippen LogP contribution >= 0.6 is 0 Å². The van der Waals surface area contributed by atoms with Crippen LogP contribution in [0.1, 0.15) is 6.92 Å². The molecular formula is C19H23N3O5. The highest BCUT2D eigenvalue weighted by Crippen LogP contribution is 2.29. The SMILES string of the molecule is COc1ccc(NC(=O)C(C)N(C)CCOc2ccccc2)c([N+](=O)[O-])c1. The van der Waals surface area contributed by atoms with Gasteiger partial charge in [-0.3, -0.25) is 19.8 Å². The topological polar surface area (TPSA) is 93.9 Å². The van der Waals surface area contributed by atoms with Crippen molar-refractivity contribution in [2.45, 2.75) is 13.0 Å². The van der Waals surface area contributed by atoms with Crippen molar-refractivity contribution in [2.75, 3.05) is 32.6 Å². The molecule has 2 aromatic carbocycles. The smallest absolute Gasteiger partial charge is 0.296 e. The summed E-state index contributed by atoms with van der Waals surface area (Å²) < 4.78 is 10.6. The van der Waals surface area contributed by atoms with Gasteiger partial charge in [0.1, 0.15) is 23.8 Å². The average molecular weight is 373 g/mol. The first-order chi connectivity index (χ1) is 12.9. The lowest BCUT2D eigenvalue weighted by molar-refractivity contribution is -0.384. The Labute approximate surface area is 157 Å². The van der Waals surface area contributed by atoms with Crippen LogP contribution in [0.3, 0.4) is 0 Å². The average Bonchev–Trinajstić information content (AvgIpc) is 2.68. The van der Waals surface area contributed by atoms with Gasteiger partial charge in [-0.15, -0.1) is 0 Å². The van der Waals surface area contributed by atoms with Gasteiger partial charge in [0.2, 0.25) is 5.91 Å². The first-order valence-corrected chi connectivity index (χ1v) is 8.43. The third-order valence-corrected chi connectivity index (χ3v) is 4.16. The van der Waals surface area contributed by atoms with E-state index >= 15 is 0 Å². The van der Waals surface area contributed by atoms with Crippen LogP contribution in [0.2, 0.25) is 0 Å². The maximum absolute atomic E-state index is 12.5. The lowest BCUT2D eigenvalue weighted by atomic mass is 10.2. The van der Waals surface area contributed by atoms with Crippen molar-refractivity contribution < 1.29 is 19.2 Å². The van der Waals surface area contributed by atoms with E-state index in [4.69, 9.17) is 9.47 Å². The minimum Gasteiger partial charge on any atom is -0.496 e. The lowest BCUT2D eigenvalue weighted by Crippen LogP contribution is -2.41. The van der Waals surface area contributed by atoms with Gasteiger partial charge in [-0.1, -0.05) is 18.2 Å². The number of carbonyl (C=O) groups excluding carboxylic acids is 1. The Morgan fingerprint density at radius 3 is 2.56 bits per heavy atom. The van der Waals surface area contributed by atoms with Crippen LogP contribution in [0, 0.1) is 10.1 Å². The second kappa shape index (κ2) is 9.54. The zero-order valence-electron chi connectivity index (χ0n) is 15.5. The Hall–Kier alpha value is -3.13. The number of benzene rings is 2. The summed E-state index contributed by atoms with van der Waals surface area (Å²) in [5.74, 6) is 0.769. The molecule has 0 aliphatic heterocycles. The molecule has 8 heteroatoms. The Bertz CT molecular complexity index is 782. The van der Waals surface area contributed by atoms with Crippen molar-refractivity contribution in [3.05, 3.63) is 58.6 Å². The van der Waals surface area contributed by atoms with Gasteiger partial charge in [0.05, 0.1) is 24.1 Å². The van der Waals surface area contributed by atoms with Crippen molar-refractivity contribution >= 4 is 17.3 Å². The largest absolute Gasteiger partial charge is 0.496 e. The first-order valence-electron chi connectivity index (χ1n) is 8.43. The fraction of sp³-hybridized carbons (Fsp3) is 0.316. The summed E-state index contributed by atoms with van der Waals surface area (Å²) >= 11 is 0. The van der Waals surface area contributed by atoms with E-state index in [2.05, 4.69) is 5.32 Å². The van der Waals surface area contributed by atoms with E-state index in [1.165, 1.54) is 19.2 Å². The fourth-order valence-corrected chi connectivity index (χ4v) is 2.35. The molecule has 0 spiro atoms. The molecule has 1 unspecified atom stereocenters. The Balaban J connectivity index is 1.93. The number of hydrogen-bond donors (Lipinski definition) is 1. The third-order valence-electron chi connectivity index (χ3n) is 4.16. The van der Waals surface area contributed by atoms with Crippen LogP contribution in [0.4, 0.5) is 11.4 Å². The predicted molar refractivity (Wildman–Crippen MR) is 102 cm³/mol. The Morgan fingerprint density at radius 2 is 1.93 bits per heavy atom. The predicted octanol–water partition coefficient (Wildman–Crippen LogP) is 2.94. The zero-order chi connectivity index (χ0) is 19.8. The molecule has 0 heterocycles. The molecule has 144 valence electrons. The van der Waals surface area contributed by atoms with Crippen molar-refractivity contribution in [1.29, 1.82) is 0 Å². The summed E-state index contributed by atoms with van der Waals surface area (Å²) in [4.78, 5) is 24.9. The van der Waals surface area contributed by atoms with Gasteiger partial charge >= 0.3 is 0 Å². The highest BCUT2D eigenvalue weighted by atomic mass is 16.6. The molecule has 8 nitrogen and oxygen atoms in total. The van der Waals surface area contributed by atoms with Gasteiger partial charge in [-0.25, -0.2) is 0 Å². The number of amides is 1. The summed E-state index contributed by atoms with van der Waals surface area (Å²) in [5, 5.41) is 13.8. The van der Waals surface area contributed by atoms with E-state index in [-0.39, 0.29) is 17.3 Å². The Morgan fingerprint density at radius 1 is 1.22 bits per heavy atom. The van der Waals surface area contributed by atoms with Crippen LogP contribution in [0.25, 0.3) is 0 Å². The van der Waals surface area contributed by atoms with E-state index in [9.17, 15) is 14.9 Å². The quantitative estimate of drug-likeness (QED) is 0.536. The van der Waals surface area contributed by atoms with E-state index in [0.29, 0.717) is 18.9 Å². The number of rotatable bonds is 9. The maximum atomic E-state index is 12.5. The fourth-order valence-electron chi connectivity index (χ4n) is 2.35. The number of ether oxygens (including phenoxy) is 2. The minimum absolute atomic E-state index is 0.131. The number of likely N-dealkylation sites (N-methyl/N-ethyl adjacent to an activating group) is 1. The van der Waals surface area contributed by atoms with Gasteiger partial charge in [-0.05, 0) is 38.2 Å². The molecule has 1 N–H and O–H groups in total. The second-order valence-electron chi connectivity index (χ2n) is 5.95. The summed E-state index contributed by atoms with van der Waals surface area (Å²) in [6.07, 6.45) is 0. The molecule has 0 fully saturated rings. The number of nitrogens with one attached hydrogen (secondary N) is 1. The molecule has 0 aliphatic carbocycles. The molecule has 0 bridgehead atoms. The molecule has 0 radical (unpaired) electrons. The number of para-hydroxylation sites is 1. The molecular weight excluding hydrogens is 350 g/mol. The van der Waals surface area contributed by atoms with Crippen LogP contribution < -0.4 is 14.8 Å². The van der Waals surface area contributed by atoms with E-state index in [0.717, 1.165) is 5.75 Å². The number of methoxy groups -OCH3 is 1. The van der Waals surface area contributed by atoms with Crippen molar-refractivity contribution in [3.63, 3.8) is 0 Å². The molecule has 0 aliphatic rings. The molecule has 0 aromatic heterocycles. The highest BCUT2D eigenvalue weighted by molar-refractivity contribution is 5.96. The highest BCUT2D eigenvalue weighted by Gasteiger charge is 2.22. The number of carbonyl (C=O) groups is 1. The van der Waals surface area contributed by atoms with Crippen molar-refractivity contribution in [2.24, 2.45) is 0 Å². The van der Waals surface area contributed by atoms with Gasteiger partial charge in [0.25, 0.3) is 5.69 Å². The zero-order valence-corrected chi connectivity index (χ0v) is 15.5. The van der Waals surface area contributed by atoms with Crippen molar-refractivity contribution in [1.82, 2.24) is 4.90 Å². The molecule has 0 saturated carbocycles. The monoisotopic (exact) mass is 373 g/mol. The number of anilines is 1. The normalized spacial score (nSPS) is 11.7.